The lowest BCUT2D eigenvalue weighted by molar-refractivity contribution is -0.127. The third-order valence-electron chi connectivity index (χ3n) is 4.89. The fraction of sp³-hybridized carbons (Fsp3) is 0.286. The number of amides is 2. The van der Waals surface area contributed by atoms with Crippen molar-refractivity contribution in [1.29, 1.82) is 0 Å². The van der Waals surface area contributed by atoms with Gasteiger partial charge in [-0.1, -0.05) is 18.2 Å². The average Bonchev–Trinajstić information content (AvgIpc) is 3.26. The smallest absolute Gasteiger partial charge is 0.244 e. The predicted octanol–water partition coefficient (Wildman–Crippen LogP) is 2.86. The summed E-state index contributed by atoms with van der Waals surface area (Å²) in [6.07, 6.45) is 7.39. The Morgan fingerprint density at radius 1 is 1.26 bits per heavy atom. The van der Waals surface area contributed by atoms with Crippen LogP contribution in [-0.4, -0.2) is 46.3 Å². The zero-order valence-electron chi connectivity index (χ0n) is 15.1. The van der Waals surface area contributed by atoms with Crippen LogP contribution in [0.5, 0.6) is 0 Å². The van der Waals surface area contributed by atoms with Gasteiger partial charge in [-0.15, -0.1) is 0 Å². The summed E-state index contributed by atoms with van der Waals surface area (Å²) in [4.78, 5) is 33.1. The lowest BCUT2D eigenvalue weighted by Gasteiger charge is -2.14. The first-order valence-electron chi connectivity index (χ1n) is 9.31. The van der Waals surface area contributed by atoms with Gasteiger partial charge < -0.3 is 15.2 Å². The number of H-pyrrole nitrogens is 1. The van der Waals surface area contributed by atoms with E-state index in [4.69, 9.17) is 0 Å². The second-order valence-corrected chi connectivity index (χ2v) is 6.79. The molecule has 0 aliphatic carbocycles. The SMILES string of the molecule is O=C(/C=C/c1cc2c(cn1)[nH]c1ccccc12)NCCCN1CCCC1=O. The number of carbonyl (C=O) groups excluding carboxylic acids is 2. The summed E-state index contributed by atoms with van der Waals surface area (Å²) in [5, 5.41) is 5.09. The molecule has 1 saturated heterocycles. The monoisotopic (exact) mass is 362 g/mol. The van der Waals surface area contributed by atoms with E-state index in [0.717, 1.165) is 46.9 Å². The van der Waals surface area contributed by atoms with E-state index in [-0.39, 0.29) is 11.8 Å². The van der Waals surface area contributed by atoms with Gasteiger partial charge in [-0.3, -0.25) is 14.6 Å². The number of hydrogen-bond donors (Lipinski definition) is 2. The van der Waals surface area contributed by atoms with E-state index in [0.29, 0.717) is 19.5 Å². The van der Waals surface area contributed by atoms with Gasteiger partial charge in [0.2, 0.25) is 11.8 Å². The molecule has 0 unspecified atom stereocenters. The number of benzene rings is 1. The van der Waals surface area contributed by atoms with Crippen molar-refractivity contribution in [3.8, 4) is 0 Å². The molecule has 1 aliphatic rings. The molecule has 2 amide bonds. The topological polar surface area (TPSA) is 78.1 Å². The van der Waals surface area contributed by atoms with E-state index >= 15 is 0 Å². The minimum Gasteiger partial charge on any atom is -0.353 e. The molecule has 2 N–H and O–H groups in total. The first kappa shape index (κ1) is 17.3. The van der Waals surface area contributed by atoms with Gasteiger partial charge in [-0.25, -0.2) is 0 Å². The molecule has 6 heteroatoms. The number of rotatable bonds is 6. The number of hydrogen-bond acceptors (Lipinski definition) is 3. The molecule has 3 aromatic rings. The number of carbonyl (C=O) groups is 2. The van der Waals surface area contributed by atoms with Crippen LogP contribution in [0.2, 0.25) is 0 Å². The van der Waals surface area contributed by atoms with Crippen LogP contribution in [0, 0.1) is 0 Å². The van der Waals surface area contributed by atoms with Crippen molar-refractivity contribution in [2.45, 2.75) is 19.3 Å². The Morgan fingerprint density at radius 3 is 3.00 bits per heavy atom. The van der Waals surface area contributed by atoms with Gasteiger partial charge in [0.15, 0.2) is 0 Å². The van der Waals surface area contributed by atoms with Crippen molar-refractivity contribution in [2.24, 2.45) is 0 Å². The van der Waals surface area contributed by atoms with Crippen molar-refractivity contribution in [2.75, 3.05) is 19.6 Å². The van der Waals surface area contributed by atoms with Crippen LogP contribution >= 0.6 is 0 Å². The van der Waals surface area contributed by atoms with E-state index in [2.05, 4.69) is 21.4 Å². The minimum atomic E-state index is -0.149. The van der Waals surface area contributed by atoms with Crippen LogP contribution < -0.4 is 5.32 Å². The van der Waals surface area contributed by atoms with E-state index in [1.54, 1.807) is 12.3 Å². The quantitative estimate of drug-likeness (QED) is 0.523. The van der Waals surface area contributed by atoms with Gasteiger partial charge in [-0.2, -0.15) is 0 Å². The number of likely N-dealkylation sites (tertiary alicyclic amines) is 1. The molecule has 0 atom stereocenters. The number of aromatic nitrogens is 2. The highest BCUT2D eigenvalue weighted by Crippen LogP contribution is 2.25. The molecule has 1 aromatic carbocycles. The minimum absolute atomic E-state index is 0.149. The molecule has 1 fully saturated rings. The number of pyridine rings is 1. The van der Waals surface area contributed by atoms with Gasteiger partial charge >= 0.3 is 0 Å². The van der Waals surface area contributed by atoms with Crippen molar-refractivity contribution >= 4 is 39.7 Å². The van der Waals surface area contributed by atoms with Gasteiger partial charge in [-0.05, 0) is 31.1 Å². The largest absolute Gasteiger partial charge is 0.353 e. The second kappa shape index (κ2) is 7.61. The van der Waals surface area contributed by atoms with Crippen LogP contribution in [0.15, 0.2) is 42.6 Å². The number of nitrogens with one attached hydrogen (secondary N) is 2. The summed E-state index contributed by atoms with van der Waals surface area (Å²) in [7, 11) is 0. The summed E-state index contributed by atoms with van der Waals surface area (Å²) in [6, 6.07) is 10.1. The number of para-hydroxylation sites is 1. The number of nitrogens with zero attached hydrogens (tertiary/aromatic N) is 2. The molecule has 0 radical (unpaired) electrons. The highest BCUT2D eigenvalue weighted by molar-refractivity contribution is 6.07. The summed E-state index contributed by atoms with van der Waals surface area (Å²) in [5.41, 5.74) is 2.80. The highest BCUT2D eigenvalue weighted by atomic mass is 16.2. The molecule has 1 aliphatic heterocycles. The average molecular weight is 362 g/mol. The van der Waals surface area contributed by atoms with Crippen LogP contribution in [-0.2, 0) is 9.59 Å². The predicted molar refractivity (Wildman–Crippen MR) is 106 cm³/mol. The van der Waals surface area contributed by atoms with Gasteiger partial charge in [0.05, 0.1) is 17.4 Å². The van der Waals surface area contributed by atoms with E-state index < -0.39 is 0 Å². The maximum Gasteiger partial charge on any atom is 0.244 e. The summed E-state index contributed by atoms with van der Waals surface area (Å²) < 4.78 is 0. The Labute approximate surface area is 157 Å². The van der Waals surface area contributed by atoms with Crippen molar-refractivity contribution in [3.63, 3.8) is 0 Å². The van der Waals surface area contributed by atoms with E-state index in [1.807, 2.05) is 29.2 Å². The molecule has 27 heavy (non-hydrogen) atoms. The summed E-state index contributed by atoms with van der Waals surface area (Å²) >= 11 is 0. The fourth-order valence-corrected chi connectivity index (χ4v) is 3.50. The summed E-state index contributed by atoms with van der Waals surface area (Å²) in [5.74, 6) is 0.0727. The summed E-state index contributed by atoms with van der Waals surface area (Å²) in [6.45, 7) is 2.11. The van der Waals surface area contributed by atoms with Crippen molar-refractivity contribution < 1.29 is 9.59 Å². The van der Waals surface area contributed by atoms with Gasteiger partial charge in [0, 0.05) is 48.4 Å². The molecule has 6 nitrogen and oxygen atoms in total. The molecule has 138 valence electrons. The zero-order chi connectivity index (χ0) is 18.6. The van der Waals surface area contributed by atoms with Gasteiger partial charge in [0.25, 0.3) is 0 Å². The van der Waals surface area contributed by atoms with E-state index in [9.17, 15) is 9.59 Å². The fourth-order valence-electron chi connectivity index (χ4n) is 3.50. The maximum atomic E-state index is 12.0. The van der Waals surface area contributed by atoms with Gasteiger partial charge in [0.1, 0.15) is 0 Å². The molecule has 0 spiro atoms. The first-order valence-corrected chi connectivity index (χ1v) is 9.31. The Hall–Kier alpha value is -3.15. The Bertz CT molecular complexity index is 1020. The Morgan fingerprint density at radius 2 is 2.15 bits per heavy atom. The van der Waals surface area contributed by atoms with Crippen molar-refractivity contribution in [1.82, 2.24) is 20.2 Å². The molecule has 0 saturated carbocycles. The molecule has 3 heterocycles. The lowest BCUT2D eigenvalue weighted by Crippen LogP contribution is -2.29. The zero-order valence-corrected chi connectivity index (χ0v) is 15.1. The molecular formula is C21H22N4O2. The normalized spacial score (nSPS) is 14.7. The maximum absolute atomic E-state index is 12.0. The first-order chi connectivity index (χ1) is 13.2. The third-order valence-corrected chi connectivity index (χ3v) is 4.89. The lowest BCUT2D eigenvalue weighted by atomic mass is 10.1. The Kier molecular flexibility index (Phi) is 4.87. The molecule has 4 rings (SSSR count). The molecule has 0 bridgehead atoms. The Balaban J connectivity index is 1.34. The van der Waals surface area contributed by atoms with E-state index in [1.165, 1.54) is 6.08 Å². The second-order valence-electron chi connectivity index (χ2n) is 6.79. The van der Waals surface area contributed by atoms with Crippen molar-refractivity contribution in [3.05, 3.63) is 48.3 Å². The highest BCUT2D eigenvalue weighted by Gasteiger charge is 2.18. The molecular weight excluding hydrogens is 340 g/mol. The molecule has 2 aromatic heterocycles. The van der Waals surface area contributed by atoms with Crippen LogP contribution in [0.1, 0.15) is 25.0 Å². The number of aromatic amines is 1. The third kappa shape index (κ3) is 3.84. The number of fused-ring (bicyclic) bond motifs is 3. The van der Waals surface area contributed by atoms with Crippen LogP contribution in [0.3, 0.4) is 0 Å². The van der Waals surface area contributed by atoms with Crippen LogP contribution in [0.4, 0.5) is 0 Å². The standard InChI is InChI=1S/C21H22N4O2/c26-20(22-10-4-12-25-11-3-7-21(25)27)9-8-15-13-17-16-5-1-2-6-18(16)24-19(17)14-23-15/h1-2,5-6,8-9,13-14,24H,3-4,7,10-12H2,(H,22,26)/b9-8+. The van der Waals surface area contributed by atoms with Crippen LogP contribution in [0.25, 0.3) is 27.9 Å².